The molecule has 0 heterocycles. The van der Waals surface area contributed by atoms with Crippen molar-refractivity contribution in [2.24, 2.45) is 0 Å². The van der Waals surface area contributed by atoms with Crippen LogP contribution in [0.2, 0.25) is 0 Å². The van der Waals surface area contributed by atoms with E-state index in [1.807, 2.05) is 7.05 Å². The summed E-state index contributed by atoms with van der Waals surface area (Å²) in [7, 11) is 6.17. The number of carbonyl (C=O) groups is 1. The maximum atomic E-state index is 14.0. The van der Waals surface area contributed by atoms with Crippen molar-refractivity contribution in [2.75, 3.05) is 27.7 Å². The summed E-state index contributed by atoms with van der Waals surface area (Å²) in [5.74, 6) is -1.55. The van der Waals surface area contributed by atoms with Crippen LogP contribution in [0.5, 0.6) is 0 Å². The molecule has 0 aliphatic heterocycles. The Labute approximate surface area is 125 Å². The molecule has 0 radical (unpaired) electrons. The summed E-state index contributed by atoms with van der Waals surface area (Å²) in [4.78, 5) is 15.2. The highest BCUT2D eigenvalue weighted by molar-refractivity contribution is 5.87. The van der Waals surface area contributed by atoms with Gasteiger partial charge in [0, 0.05) is 24.2 Å². The second-order valence-electron chi connectivity index (χ2n) is 6.26. The van der Waals surface area contributed by atoms with Crippen LogP contribution in [-0.4, -0.2) is 54.1 Å². The van der Waals surface area contributed by atoms with E-state index in [0.717, 1.165) is 12.6 Å². The zero-order chi connectivity index (χ0) is 15.6. The van der Waals surface area contributed by atoms with Gasteiger partial charge in [0.2, 0.25) is 0 Å². The molecule has 0 spiro atoms. The number of carboxylic acid groups (broad SMARTS) is 1. The second-order valence-corrected chi connectivity index (χ2v) is 6.26. The van der Waals surface area contributed by atoms with Crippen LogP contribution in [0.1, 0.15) is 35.2 Å². The molecule has 0 unspecified atom stereocenters. The molecule has 0 bridgehead atoms. The molecule has 1 saturated carbocycles. The highest BCUT2D eigenvalue weighted by Gasteiger charge is 2.39. The van der Waals surface area contributed by atoms with Crippen LogP contribution in [0, 0.1) is 5.82 Å². The van der Waals surface area contributed by atoms with Crippen molar-refractivity contribution in [1.82, 2.24) is 9.80 Å². The lowest BCUT2D eigenvalue weighted by Gasteiger charge is -2.49. The summed E-state index contributed by atoms with van der Waals surface area (Å²) < 4.78 is 14.0. The minimum atomic E-state index is -1.10. The van der Waals surface area contributed by atoms with E-state index in [0.29, 0.717) is 12.1 Å². The maximum absolute atomic E-state index is 14.0. The molecule has 1 aliphatic carbocycles. The van der Waals surface area contributed by atoms with Crippen LogP contribution in [-0.2, 0) is 6.54 Å². The van der Waals surface area contributed by atoms with Crippen molar-refractivity contribution in [3.63, 3.8) is 0 Å². The smallest absolute Gasteiger partial charge is 0.335 e. The highest BCUT2D eigenvalue weighted by Crippen LogP contribution is 2.36. The van der Waals surface area contributed by atoms with Crippen molar-refractivity contribution in [1.29, 1.82) is 0 Å². The summed E-state index contributed by atoms with van der Waals surface area (Å²) in [5, 5.41) is 8.85. The molecule has 1 N–H and O–H groups in total. The molecular weight excluding hydrogens is 271 g/mol. The summed E-state index contributed by atoms with van der Waals surface area (Å²) in [6.45, 7) is 1.38. The molecule has 4 nitrogen and oxygen atoms in total. The van der Waals surface area contributed by atoms with Gasteiger partial charge in [-0.05, 0) is 52.5 Å². The Balaban J connectivity index is 2.03. The van der Waals surface area contributed by atoms with Crippen LogP contribution in [0.15, 0.2) is 18.2 Å². The van der Waals surface area contributed by atoms with Crippen molar-refractivity contribution < 1.29 is 14.3 Å². The van der Waals surface area contributed by atoms with Crippen LogP contribution in [0.4, 0.5) is 4.39 Å². The largest absolute Gasteiger partial charge is 0.478 e. The third kappa shape index (κ3) is 3.41. The topological polar surface area (TPSA) is 43.8 Å². The van der Waals surface area contributed by atoms with Gasteiger partial charge in [0.1, 0.15) is 5.82 Å². The molecule has 5 heteroatoms. The fourth-order valence-electron chi connectivity index (χ4n) is 2.99. The molecular formula is C16H23FN2O2. The van der Waals surface area contributed by atoms with Crippen LogP contribution < -0.4 is 0 Å². The van der Waals surface area contributed by atoms with Crippen molar-refractivity contribution in [2.45, 2.75) is 31.3 Å². The average molecular weight is 294 g/mol. The lowest BCUT2D eigenvalue weighted by Crippen LogP contribution is -2.56. The van der Waals surface area contributed by atoms with Crippen LogP contribution in [0.25, 0.3) is 0 Å². The van der Waals surface area contributed by atoms with E-state index < -0.39 is 11.8 Å². The van der Waals surface area contributed by atoms with Crippen molar-refractivity contribution >= 4 is 5.97 Å². The molecule has 116 valence electrons. The number of aromatic carboxylic acids is 1. The van der Waals surface area contributed by atoms with Crippen LogP contribution in [0.3, 0.4) is 0 Å². The Morgan fingerprint density at radius 3 is 2.43 bits per heavy atom. The summed E-state index contributed by atoms with van der Waals surface area (Å²) in [6, 6.07) is 4.12. The minimum absolute atomic E-state index is 0.0114. The Morgan fingerprint density at radius 2 is 2.00 bits per heavy atom. The average Bonchev–Trinajstić information content (AvgIpc) is 2.35. The van der Waals surface area contributed by atoms with Gasteiger partial charge >= 0.3 is 5.97 Å². The summed E-state index contributed by atoms with van der Waals surface area (Å²) in [5.41, 5.74) is 0.727. The number of rotatable bonds is 6. The van der Waals surface area contributed by atoms with Gasteiger partial charge in [0.15, 0.2) is 0 Å². The number of halogens is 1. The van der Waals surface area contributed by atoms with E-state index in [4.69, 9.17) is 5.11 Å². The van der Waals surface area contributed by atoms with E-state index in [1.54, 1.807) is 6.07 Å². The number of nitrogens with zero attached hydrogens (tertiary/aromatic N) is 2. The predicted molar refractivity (Wildman–Crippen MR) is 80.0 cm³/mol. The fraction of sp³-hybridized carbons (Fsp3) is 0.562. The number of likely N-dealkylation sites (N-methyl/N-ethyl adjacent to an activating group) is 2. The molecule has 21 heavy (non-hydrogen) atoms. The van der Waals surface area contributed by atoms with E-state index in [-0.39, 0.29) is 11.1 Å². The lowest BCUT2D eigenvalue weighted by molar-refractivity contribution is 0.0256. The first-order valence-corrected chi connectivity index (χ1v) is 7.22. The minimum Gasteiger partial charge on any atom is -0.478 e. The van der Waals surface area contributed by atoms with Gasteiger partial charge < -0.3 is 14.9 Å². The molecule has 0 amide bonds. The summed E-state index contributed by atoms with van der Waals surface area (Å²) in [6.07, 6.45) is 3.59. The van der Waals surface area contributed by atoms with Gasteiger partial charge in [-0.2, -0.15) is 0 Å². The van der Waals surface area contributed by atoms with Gasteiger partial charge in [-0.3, -0.25) is 0 Å². The Hall–Kier alpha value is -1.46. The first kappa shape index (κ1) is 15.9. The molecule has 1 aromatic carbocycles. The number of hydrogen-bond acceptors (Lipinski definition) is 3. The van der Waals surface area contributed by atoms with Gasteiger partial charge in [-0.1, -0.05) is 6.07 Å². The maximum Gasteiger partial charge on any atom is 0.335 e. The zero-order valence-electron chi connectivity index (χ0n) is 12.9. The molecule has 1 fully saturated rings. The Kier molecular flexibility index (Phi) is 4.64. The summed E-state index contributed by atoms with van der Waals surface area (Å²) >= 11 is 0. The van der Waals surface area contributed by atoms with Gasteiger partial charge in [-0.25, -0.2) is 9.18 Å². The lowest BCUT2D eigenvalue weighted by atomic mass is 9.75. The Morgan fingerprint density at radius 1 is 1.33 bits per heavy atom. The van der Waals surface area contributed by atoms with E-state index in [9.17, 15) is 9.18 Å². The molecule has 0 aromatic heterocycles. The van der Waals surface area contributed by atoms with Crippen LogP contribution >= 0.6 is 0 Å². The third-order valence-corrected chi connectivity index (χ3v) is 4.54. The zero-order valence-corrected chi connectivity index (χ0v) is 12.9. The standard InChI is InChI=1S/C16H23FN2O2/c1-18(2)16(7-4-8-16)11-19(3)10-13-6-5-12(15(20)21)9-14(13)17/h5-6,9H,4,7-8,10-11H2,1-3H3,(H,20,21). The molecule has 0 saturated heterocycles. The van der Waals surface area contributed by atoms with Crippen molar-refractivity contribution in [3.8, 4) is 0 Å². The SMILES string of the molecule is CN(Cc1ccc(C(=O)O)cc1F)CC1(N(C)C)CCC1. The molecule has 0 atom stereocenters. The molecule has 1 aliphatic rings. The number of benzene rings is 1. The fourth-order valence-corrected chi connectivity index (χ4v) is 2.99. The monoisotopic (exact) mass is 294 g/mol. The van der Waals surface area contributed by atoms with Gasteiger partial charge in [0.05, 0.1) is 5.56 Å². The Bertz CT molecular complexity index is 527. The number of carboxylic acids is 1. The normalized spacial score (nSPS) is 17.0. The predicted octanol–water partition coefficient (Wildman–Crippen LogP) is 2.44. The molecule has 2 rings (SSSR count). The van der Waals surface area contributed by atoms with E-state index in [1.165, 1.54) is 25.3 Å². The quantitative estimate of drug-likeness (QED) is 0.875. The van der Waals surface area contributed by atoms with Crippen molar-refractivity contribution in [3.05, 3.63) is 35.1 Å². The second kappa shape index (κ2) is 6.12. The number of hydrogen-bond donors (Lipinski definition) is 1. The third-order valence-electron chi connectivity index (χ3n) is 4.54. The molecule has 1 aromatic rings. The highest BCUT2D eigenvalue weighted by atomic mass is 19.1. The van der Waals surface area contributed by atoms with E-state index in [2.05, 4.69) is 23.9 Å². The first-order chi connectivity index (χ1) is 9.84. The van der Waals surface area contributed by atoms with Gasteiger partial charge in [0.25, 0.3) is 0 Å². The van der Waals surface area contributed by atoms with E-state index >= 15 is 0 Å². The first-order valence-electron chi connectivity index (χ1n) is 7.22. The van der Waals surface area contributed by atoms with Gasteiger partial charge in [-0.15, -0.1) is 0 Å².